The molecule has 1 aliphatic carbocycles. The second kappa shape index (κ2) is 4.67. The number of rotatable bonds is 0. The van der Waals surface area contributed by atoms with Crippen LogP contribution in [0.4, 0.5) is 0 Å². The number of aromatic nitrogens is 3. The molecule has 20 heavy (non-hydrogen) atoms. The SMILES string of the molecule is c1cnc2c(c1)CCCCc1cc3cccnc3nc1-2. The van der Waals surface area contributed by atoms with Crippen molar-refractivity contribution < 1.29 is 0 Å². The summed E-state index contributed by atoms with van der Waals surface area (Å²) in [6.45, 7) is 0. The summed E-state index contributed by atoms with van der Waals surface area (Å²) in [4.78, 5) is 13.7. The zero-order valence-corrected chi connectivity index (χ0v) is 11.2. The van der Waals surface area contributed by atoms with Gasteiger partial charge in [-0.25, -0.2) is 9.97 Å². The first-order valence-corrected chi connectivity index (χ1v) is 7.11. The molecule has 1 aliphatic rings. The molecule has 0 aliphatic heterocycles. The van der Waals surface area contributed by atoms with Crippen LogP contribution in [-0.4, -0.2) is 15.0 Å². The molecule has 0 aromatic carbocycles. The first-order chi connectivity index (χ1) is 9.92. The van der Waals surface area contributed by atoms with Crippen molar-refractivity contribution in [2.45, 2.75) is 25.7 Å². The van der Waals surface area contributed by atoms with Gasteiger partial charge in [0.2, 0.25) is 0 Å². The van der Waals surface area contributed by atoms with E-state index in [4.69, 9.17) is 4.98 Å². The van der Waals surface area contributed by atoms with Gasteiger partial charge in [-0.2, -0.15) is 0 Å². The molecule has 3 aromatic heterocycles. The monoisotopic (exact) mass is 261 g/mol. The maximum absolute atomic E-state index is 4.79. The maximum atomic E-state index is 4.79. The average Bonchev–Trinajstić information content (AvgIpc) is 2.49. The Balaban J connectivity index is 2.03. The van der Waals surface area contributed by atoms with Gasteiger partial charge >= 0.3 is 0 Å². The van der Waals surface area contributed by atoms with Crippen molar-refractivity contribution in [3.63, 3.8) is 0 Å². The molecule has 0 N–H and O–H groups in total. The summed E-state index contributed by atoms with van der Waals surface area (Å²) in [5, 5.41) is 1.12. The van der Waals surface area contributed by atoms with Crippen molar-refractivity contribution in [2.75, 3.05) is 0 Å². The normalized spacial score (nSPS) is 14.2. The van der Waals surface area contributed by atoms with E-state index in [2.05, 4.69) is 28.2 Å². The fraction of sp³-hybridized carbons (Fsp3) is 0.235. The summed E-state index contributed by atoms with van der Waals surface area (Å²) in [6, 6.07) is 10.5. The van der Waals surface area contributed by atoms with E-state index in [0.29, 0.717) is 0 Å². The molecular formula is C17H15N3. The minimum absolute atomic E-state index is 0.809. The third-order valence-electron chi connectivity index (χ3n) is 3.93. The van der Waals surface area contributed by atoms with E-state index in [9.17, 15) is 0 Å². The Morgan fingerprint density at radius 1 is 0.800 bits per heavy atom. The number of nitrogens with zero attached hydrogens (tertiary/aromatic N) is 3. The highest BCUT2D eigenvalue weighted by atomic mass is 14.9. The fourth-order valence-electron chi connectivity index (χ4n) is 2.93. The zero-order valence-electron chi connectivity index (χ0n) is 11.2. The largest absolute Gasteiger partial charge is 0.254 e. The van der Waals surface area contributed by atoms with E-state index < -0.39 is 0 Å². The van der Waals surface area contributed by atoms with E-state index in [0.717, 1.165) is 35.3 Å². The number of hydrogen-bond acceptors (Lipinski definition) is 3. The van der Waals surface area contributed by atoms with Crippen LogP contribution < -0.4 is 0 Å². The molecule has 4 rings (SSSR count). The minimum Gasteiger partial charge on any atom is -0.254 e. The summed E-state index contributed by atoms with van der Waals surface area (Å²) in [7, 11) is 0. The molecule has 98 valence electrons. The van der Waals surface area contributed by atoms with E-state index in [1.54, 1.807) is 6.20 Å². The van der Waals surface area contributed by atoms with Crippen LogP contribution in [0.2, 0.25) is 0 Å². The van der Waals surface area contributed by atoms with Crippen LogP contribution in [-0.2, 0) is 12.8 Å². The standard InChI is InChI=1S/C17H15N3/c1-2-6-13-11-14-8-4-10-19-17(14)20-16(13)15-12(5-1)7-3-9-18-15/h3-4,7-11H,1-2,5-6H2. The van der Waals surface area contributed by atoms with Crippen molar-refractivity contribution in [3.05, 3.63) is 53.9 Å². The summed E-state index contributed by atoms with van der Waals surface area (Å²) in [5.41, 5.74) is 5.46. The Labute approximate surface area is 117 Å². The van der Waals surface area contributed by atoms with Crippen LogP contribution in [0.1, 0.15) is 24.0 Å². The van der Waals surface area contributed by atoms with Crippen molar-refractivity contribution in [1.29, 1.82) is 0 Å². The molecule has 3 heterocycles. The Morgan fingerprint density at radius 3 is 2.55 bits per heavy atom. The molecule has 0 unspecified atom stereocenters. The van der Waals surface area contributed by atoms with Gasteiger partial charge in [0, 0.05) is 17.8 Å². The van der Waals surface area contributed by atoms with Gasteiger partial charge in [-0.3, -0.25) is 4.98 Å². The predicted molar refractivity (Wildman–Crippen MR) is 79.4 cm³/mol. The number of hydrogen-bond donors (Lipinski definition) is 0. The van der Waals surface area contributed by atoms with Crippen LogP contribution in [0.15, 0.2) is 42.7 Å². The average molecular weight is 261 g/mol. The van der Waals surface area contributed by atoms with Gasteiger partial charge < -0.3 is 0 Å². The van der Waals surface area contributed by atoms with Crippen molar-refractivity contribution in [3.8, 4) is 11.4 Å². The third kappa shape index (κ3) is 1.86. The molecular weight excluding hydrogens is 246 g/mol. The first-order valence-electron chi connectivity index (χ1n) is 7.11. The van der Waals surface area contributed by atoms with Crippen LogP contribution in [0.3, 0.4) is 0 Å². The van der Waals surface area contributed by atoms with Gasteiger partial charge in [0.1, 0.15) is 0 Å². The quantitative estimate of drug-likeness (QED) is 0.621. The van der Waals surface area contributed by atoms with Gasteiger partial charge in [0.15, 0.2) is 5.65 Å². The van der Waals surface area contributed by atoms with E-state index in [1.807, 2.05) is 18.3 Å². The number of pyridine rings is 3. The first kappa shape index (κ1) is 11.5. The highest BCUT2D eigenvalue weighted by Crippen LogP contribution is 2.30. The molecule has 0 saturated heterocycles. The van der Waals surface area contributed by atoms with E-state index in [1.165, 1.54) is 24.0 Å². The lowest BCUT2D eigenvalue weighted by Gasteiger charge is -2.16. The topological polar surface area (TPSA) is 38.7 Å². The fourth-order valence-corrected chi connectivity index (χ4v) is 2.93. The molecule has 0 atom stereocenters. The maximum Gasteiger partial charge on any atom is 0.159 e. The van der Waals surface area contributed by atoms with Gasteiger partial charge in [-0.05, 0) is 61.1 Å². The smallest absolute Gasteiger partial charge is 0.159 e. The molecule has 0 bridgehead atoms. The van der Waals surface area contributed by atoms with Gasteiger partial charge in [-0.1, -0.05) is 6.07 Å². The van der Waals surface area contributed by atoms with Crippen molar-refractivity contribution in [1.82, 2.24) is 15.0 Å². The minimum atomic E-state index is 0.809. The lowest BCUT2D eigenvalue weighted by molar-refractivity contribution is 0.725. The molecule has 3 heteroatoms. The second-order valence-electron chi connectivity index (χ2n) is 5.26. The predicted octanol–water partition coefficient (Wildman–Crippen LogP) is 3.57. The molecule has 0 amide bonds. The molecule has 0 saturated carbocycles. The Kier molecular flexibility index (Phi) is 2.69. The van der Waals surface area contributed by atoms with Crippen LogP contribution in [0.25, 0.3) is 22.4 Å². The zero-order chi connectivity index (χ0) is 13.4. The van der Waals surface area contributed by atoms with Gasteiger partial charge in [0.25, 0.3) is 0 Å². The lowest BCUT2D eigenvalue weighted by atomic mass is 9.94. The molecule has 3 nitrogen and oxygen atoms in total. The summed E-state index contributed by atoms with van der Waals surface area (Å²) >= 11 is 0. The lowest BCUT2D eigenvalue weighted by Crippen LogP contribution is -2.04. The molecule has 0 spiro atoms. The number of aryl methyl sites for hydroxylation is 2. The Bertz CT molecular complexity index is 780. The summed E-state index contributed by atoms with van der Waals surface area (Å²) in [5.74, 6) is 0. The second-order valence-corrected chi connectivity index (χ2v) is 5.26. The van der Waals surface area contributed by atoms with Crippen molar-refractivity contribution in [2.24, 2.45) is 0 Å². The van der Waals surface area contributed by atoms with Gasteiger partial charge in [0.05, 0.1) is 11.4 Å². The van der Waals surface area contributed by atoms with Crippen LogP contribution in [0.5, 0.6) is 0 Å². The third-order valence-corrected chi connectivity index (χ3v) is 3.93. The molecule has 0 fully saturated rings. The molecule has 0 radical (unpaired) electrons. The number of fused-ring (bicyclic) bond motifs is 4. The van der Waals surface area contributed by atoms with Crippen LogP contribution >= 0.6 is 0 Å². The summed E-state index contributed by atoms with van der Waals surface area (Å²) < 4.78 is 0. The molecule has 3 aromatic rings. The van der Waals surface area contributed by atoms with Crippen molar-refractivity contribution >= 4 is 11.0 Å². The van der Waals surface area contributed by atoms with Gasteiger partial charge in [-0.15, -0.1) is 0 Å². The summed E-state index contributed by atoms with van der Waals surface area (Å²) in [6.07, 6.45) is 8.23. The van der Waals surface area contributed by atoms with E-state index in [-0.39, 0.29) is 0 Å². The highest BCUT2D eigenvalue weighted by molar-refractivity contribution is 5.80. The Hall–Kier alpha value is -2.29. The highest BCUT2D eigenvalue weighted by Gasteiger charge is 2.16. The van der Waals surface area contributed by atoms with E-state index >= 15 is 0 Å². The van der Waals surface area contributed by atoms with Crippen LogP contribution in [0, 0.1) is 0 Å². The Morgan fingerprint density at radius 2 is 1.60 bits per heavy atom.